The molecule has 2 aliphatic rings. The molecule has 2 aromatic heterocycles. The van der Waals surface area contributed by atoms with E-state index in [2.05, 4.69) is 9.97 Å². The van der Waals surface area contributed by atoms with E-state index in [-0.39, 0.29) is 40.3 Å². The van der Waals surface area contributed by atoms with Crippen LogP contribution in [0.2, 0.25) is 0 Å². The summed E-state index contributed by atoms with van der Waals surface area (Å²) in [6.07, 6.45) is 2.50. The molecule has 7 nitrogen and oxygen atoms in total. The number of nitrogens with zero attached hydrogens (tertiary/aromatic N) is 5. The second kappa shape index (κ2) is 7.72. The third-order valence-corrected chi connectivity index (χ3v) is 6.52. The van der Waals surface area contributed by atoms with Crippen LogP contribution < -0.4 is 10.5 Å². The van der Waals surface area contributed by atoms with Crippen molar-refractivity contribution in [3.63, 3.8) is 0 Å². The first-order valence-electron chi connectivity index (χ1n) is 10.4. The number of hydrogen-bond donors (Lipinski definition) is 0. The van der Waals surface area contributed by atoms with Crippen molar-refractivity contribution in [1.82, 2.24) is 19.4 Å². The van der Waals surface area contributed by atoms with Crippen molar-refractivity contribution in [1.29, 1.82) is 0 Å². The number of amides is 1. The van der Waals surface area contributed by atoms with E-state index in [0.717, 1.165) is 24.4 Å². The van der Waals surface area contributed by atoms with Gasteiger partial charge in [-0.05, 0) is 24.3 Å². The molecule has 0 spiro atoms. The second-order valence-corrected chi connectivity index (χ2v) is 8.46. The molecule has 3 atom stereocenters. The van der Waals surface area contributed by atoms with Crippen LogP contribution in [0.15, 0.2) is 47.5 Å². The first kappa shape index (κ1) is 21.2. The largest absolute Gasteiger partial charge is 0.342 e. The highest BCUT2D eigenvalue weighted by atomic mass is 19.1. The van der Waals surface area contributed by atoms with E-state index in [0.29, 0.717) is 19.0 Å². The maximum atomic E-state index is 14.2. The predicted octanol–water partition coefficient (Wildman–Crippen LogP) is 2.47. The highest BCUT2D eigenvalue weighted by Crippen LogP contribution is 2.49. The summed E-state index contributed by atoms with van der Waals surface area (Å²) >= 11 is 0. The lowest BCUT2D eigenvalue weighted by Gasteiger charge is -2.26. The summed E-state index contributed by atoms with van der Waals surface area (Å²) in [7, 11) is 3.39. The van der Waals surface area contributed by atoms with E-state index in [1.54, 1.807) is 14.1 Å². The Morgan fingerprint density at radius 3 is 2.52 bits per heavy atom. The zero-order valence-electron chi connectivity index (χ0n) is 17.9. The molecular weight excluding hydrogens is 435 g/mol. The van der Waals surface area contributed by atoms with Gasteiger partial charge in [0, 0.05) is 62.9 Å². The molecule has 1 amide bonds. The van der Waals surface area contributed by atoms with Crippen molar-refractivity contribution in [2.45, 2.75) is 6.04 Å². The standard InChI is InChI=1S/C23H20F3N5O2/c1-29-20(32)8-19(13-5-6-27-9-18(13)26)28-23(29)30(2)21-15-10-31(11-16(15)21)22(33)14-7-12(24)3-4-17(14)25/h3-9,15-16,21H,10-11H2,1-2H3/t15-,16+,21+. The molecule has 2 fully saturated rings. The van der Waals surface area contributed by atoms with E-state index < -0.39 is 23.4 Å². The van der Waals surface area contributed by atoms with Crippen LogP contribution >= 0.6 is 0 Å². The van der Waals surface area contributed by atoms with Gasteiger partial charge in [0.25, 0.3) is 11.5 Å². The van der Waals surface area contributed by atoms with Gasteiger partial charge in [0.2, 0.25) is 5.95 Å². The number of anilines is 1. The molecule has 1 aromatic carbocycles. The molecule has 1 saturated heterocycles. The summed E-state index contributed by atoms with van der Waals surface area (Å²) in [5.41, 5.74) is -0.217. The van der Waals surface area contributed by atoms with Gasteiger partial charge in [0.05, 0.1) is 17.5 Å². The lowest BCUT2D eigenvalue weighted by atomic mass is 10.1. The molecule has 0 bridgehead atoms. The van der Waals surface area contributed by atoms with Crippen molar-refractivity contribution in [2.75, 3.05) is 25.0 Å². The Kier molecular flexibility index (Phi) is 4.95. The lowest BCUT2D eigenvalue weighted by molar-refractivity contribution is 0.0767. The fourth-order valence-corrected chi connectivity index (χ4v) is 4.76. The normalized spacial score (nSPS) is 21.1. The molecule has 3 heterocycles. The summed E-state index contributed by atoms with van der Waals surface area (Å²) in [5, 5.41) is 0. The van der Waals surface area contributed by atoms with Crippen LogP contribution in [0.5, 0.6) is 0 Å². The fourth-order valence-electron chi connectivity index (χ4n) is 4.76. The summed E-state index contributed by atoms with van der Waals surface area (Å²) in [5.74, 6) is -1.95. The maximum absolute atomic E-state index is 14.2. The minimum absolute atomic E-state index is 0.0158. The topological polar surface area (TPSA) is 71.3 Å². The minimum atomic E-state index is -0.755. The van der Waals surface area contributed by atoms with Gasteiger partial charge in [-0.25, -0.2) is 18.2 Å². The van der Waals surface area contributed by atoms with Crippen molar-refractivity contribution in [3.05, 3.63) is 76.1 Å². The highest BCUT2D eigenvalue weighted by Gasteiger charge is 2.59. The molecule has 1 aliphatic heterocycles. The Labute approximate surface area is 187 Å². The number of rotatable bonds is 4. The Balaban J connectivity index is 1.35. The first-order chi connectivity index (χ1) is 15.8. The van der Waals surface area contributed by atoms with E-state index in [4.69, 9.17) is 0 Å². The summed E-state index contributed by atoms with van der Waals surface area (Å²) in [6.45, 7) is 0.780. The molecule has 33 heavy (non-hydrogen) atoms. The average molecular weight is 455 g/mol. The van der Waals surface area contributed by atoms with Gasteiger partial charge in [-0.2, -0.15) is 0 Å². The number of carbonyl (C=O) groups is 1. The molecule has 1 saturated carbocycles. The van der Waals surface area contributed by atoms with Crippen LogP contribution in [0.1, 0.15) is 10.4 Å². The number of benzene rings is 1. The second-order valence-electron chi connectivity index (χ2n) is 8.46. The van der Waals surface area contributed by atoms with E-state index in [1.165, 1.54) is 27.8 Å². The van der Waals surface area contributed by atoms with Crippen molar-refractivity contribution in [3.8, 4) is 11.3 Å². The van der Waals surface area contributed by atoms with Crippen LogP contribution in [0.25, 0.3) is 11.3 Å². The number of piperidine rings is 1. The number of carbonyl (C=O) groups excluding carboxylic acids is 1. The van der Waals surface area contributed by atoms with Gasteiger partial charge in [-0.1, -0.05) is 0 Å². The minimum Gasteiger partial charge on any atom is -0.342 e. The summed E-state index contributed by atoms with van der Waals surface area (Å²) in [4.78, 5) is 36.8. The molecule has 5 rings (SSSR count). The predicted molar refractivity (Wildman–Crippen MR) is 114 cm³/mol. The number of halogens is 3. The SMILES string of the molecule is CN(c1nc(-c2ccncc2F)cc(=O)n1C)[C@H]1[C@@H]2CN(C(=O)c3cc(F)ccc3F)C[C@@H]21. The number of hydrogen-bond acceptors (Lipinski definition) is 5. The molecule has 0 radical (unpaired) electrons. The number of pyridine rings is 1. The molecular formula is C23H20F3N5O2. The lowest BCUT2D eigenvalue weighted by Crippen LogP contribution is -2.38. The van der Waals surface area contributed by atoms with Crippen molar-refractivity contribution >= 4 is 11.9 Å². The van der Waals surface area contributed by atoms with Crippen LogP contribution in [0.3, 0.4) is 0 Å². The molecule has 0 N–H and O–H groups in total. The Hall–Kier alpha value is -3.69. The van der Waals surface area contributed by atoms with E-state index >= 15 is 0 Å². The summed E-state index contributed by atoms with van der Waals surface area (Å²) in [6, 6.07) is 5.58. The number of likely N-dealkylation sites (tertiary alicyclic amines) is 1. The smallest absolute Gasteiger partial charge is 0.256 e. The van der Waals surface area contributed by atoms with Crippen LogP contribution in [0, 0.1) is 29.3 Å². The van der Waals surface area contributed by atoms with Crippen LogP contribution in [-0.2, 0) is 7.05 Å². The zero-order valence-corrected chi connectivity index (χ0v) is 17.9. The molecule has 170 valence electrons. The first-order valence-corrected chi connectivity index (χ1v) is 10.4. The van der Waals surface area contributed by atoms with E-state index in [9.17, 15) is 22.8 Å². The fraction of sp³-hybridized carbons (Fsp3) is 0.304. The van der Waals surface area contributed by atoms with Crippen LogP contribution in [-0.4, -0.2) is 51.5 Å². The average Bonchev–Trinajstić information content (AvgIpc) is 3.29. The van der Waals surface area contributed by atoms with Crippen LogP contribution in [0.4, 0.5) is 19.1 Å². The quantitative estimate of drug-likeness (QED) is 0.605. The van der Waals surface area contributed by atoms with Gasteiger partial charge in [-0.3, -0.25) is 19.1 Å². The third-order valence-electron chi connectivity index (χ3n) is 6.52. The third kappa shape index (κ3) is 3.55. The monoisotopic (exact) mass is 455 g/mol. The number of aromatic nitrogens is 3. The Morgan fingerprint density at radius 2 is 1.82 bits per heavy atom. The van der Waals surface area contributed by atoms with Gasteiger partial charge in [0.15, 0.2) is 5.82 Å². The van der Waals surface area contributed by atoms with Gasteiger partial charge >= 0.3 is 0 Å². The Bertz CT molecular complexity index is 1320. The van der Waals surface area contributed by atoms with Crippen molar-refractivity contribution < 1.29 is 18.0 Å². The molecule has 0 unspecified atom stereocenters. The molecule has 10 heteroatoms. The van der Waals surface area contributed by atoms with E-state index in [1.807, 2.05) is 4.90 Å². The maximum Gasteiger partial charge on any atom is 0.256 e. The molecule has 1 aliphatic carbocycles. The Morgan fingerprint density at radius 1 is 1.09 bits per heavy atom. The van der Waals surface area contributed by atoms with Gasteiger partial charge in [-0.15, -0.1) is 0 Å². The van der Waals surface area contributed by atoms with Crippen molar-refractivity contribution in [2.24, 2.45) is 18.9 Å². The number of fused-ring (bicyclic) bond motifs is 1. The summed E-state index contributed by atoms with van der Waals surface area (Å²) < 4.78 is 43.1. The molecule has 3 aromatic rings. The zero-order chi connectivity index (χ0) is 23.4. The van der Waals surface area contributed by atoms with Gasteiger partial charge < -0.3 is 9.80 Å². The highest BCUT2D eigenvalue weighted by molar-refractivity contribution is 5.95. The van der Waals surface area contributed by atoms with Gasteiger partial charge in [0.1, 0.15) is 11.6 Å².